The van der Waals surface area contributed by atoms with E-state index in [1.165, 1.54) is 13.2 Å². The lowest BCUT2D eigenvalue weighted by molar-refractivity contribution is -0.157. The first-order valence-electron chi connectivity index (χ1n) is 13.1. The summed E-state index contributed by atoms with van der Waals surface area (Å²) >= 11 is 0. The molecule has 0 saturated heterocycles. The highest BCUT2D eigenvalue weighted by atomic mass is 16.5. The van der Waals surface area contributed by atoms with E-state index in [1.54, 1.807) is 25.1 Å². The highest BCUT2D eigenvalue weighted by Crippen LogP contribution is 2.25. The minimum absolute atomic E-state index is 0.0319. The van der Waals surface area contributed by atoms with Crippen molar-refractivity contribution in [2.24, 2.45) is 11.8 Å². The molecule has 2 amide bonds. The second kappa shape index (κ2) is 17.0. The molecule has 0 spiro atoms. The van der Waals surface area contributed by atoms with E-state index in [1.807, 2.05) is 48.5 Å². The predicted molar refractivity (Wildman–Crippen MR) is 151 cm³/mol. The lowest BCUT2D eigenvalue weighted by Crippen LogP contribution is -2.51. The molecule has 8 heteroatoms. The summed E-state index contributed by atoms with van der Waals surface area (Å²) in [6, 6.07) is 17.2. The number of aliphatic hydroxyl groups is 1. The van der Waals surface area contributed by atoms with E-state index in [9.17, 15) is 19.5 Å². The molecule has 5 atom stereocenters. The Kier molecular flexibility index (Phi) is 13.7. The number of amides is 2. The monoisotopic (exact) mass is 536 g/mol. The van der Waals surface area contributed by atoms with Crippen LogP contribution >= 0.6 is 0 Å². The summed E-state index contributed by atoms with van der Waals surface area (Å²) in [4.78, 5) is 39.5. The number of rotatable bonds is 17. The van der Waals surface area contributed by atoms with Crippen LogP contribution in [0.1, 0.15) is 37.0 Å². The molecule has 2 aromatic carbocycles. The van der Waals surface area contributed by atoms with Crippen molar-refractivity contribution in [3.63, 3.8) is 0 Å². The van der Waals surface area contributed by atoms with Gasteiger partial charge in [0.15, 0.2) is 0 Å². The van der Waals surface area contributed by atoms with E-state index in [-0.39, 0.29) is 19.6 Å². The maximum Gasteiger partial charge on any atom is 0.309 e. The number of methoxy groups -OCH3 is 1. The highest BCUT2D eigenvalue weighted by molar-refractivity contribution is 6.00. The fraction of sp³-hybridized carbons (Fsp3) is 0.387. The summed E-state index contributed by atoms with van der Waals surface area (Å²) in [6.07, 6.45) is 3.21. The number of benzene rings is 2. The molecule has 0 aliphatic heterocycles. The van der Waals surface area contributed by atoms with E-state index >= 15 is 0 Å². The summed E-state index contributed by atoms with van der Waals surface area (Å²) < 4.78 is 11.2. The molecule has 2 aromatic rings. The van der Waals surface area contributed by atoms with Crippen LogP contribution in [0.25, 0.3) is 0 Å². The quantitative estimate of drug-likeness (QED) is 0.162. The zero-order valence-electron chi connectivity index (χ0n) is 22.8. The summed E-state index contributed by atoms with van der Waals surface area (Å²) in [5, 5.41) is 15.5. The topological polar surface area (TPSA) is 114 Å². The lowest BCUT2D eigenvalue weighted by atomic mass is 9.98. The Hall–Kier alpha value is -3.75. The second-order valence-corrected chi connectivity index (χ2v) is 9.42. The van der Waals surface area contributed by atoms with Gasteiger partial charge in [0.05, 0.1) is 31.2 Å². The van der Waals surface area contributed by atoms with E-state index in [0.717, 1.165) is 5.56 Å². The number of esters is 1. The van der Waals surface area contributed by atoms with Gasteiger partial charge in [-0.15, -0.1) is 13.2 Å². The summed E-state index contributed by atoms with van der Waals surface area (Å²) in [7, 11) is 1.48. The maximum absolute atomic E-state index is 13.5. The van der Waals surface area contributed by atoms with Crippen LogP contribution in [-0.2, 0) is 30.3 Å². The number of nitrogens with one attached hydrogen (secondary N) is 2. The SMILES string of the molecule is C=CCC(C(=O)N[C@@H](CO)Cc1ccccc1)C(=O)N[C@@H](COC)[C@@H](OC(=O)[C@@H](C)CC=C)c1ccccc1. The molecular weight excluding hydrogens is 496 g/mol. The zero-order valence-corrected chi connectivity index (χ0v) is 22.8. The minimum Gasteiger partial charge on any atom is -0.455 e. The van der Waals surface area contributed by atoms with E-state index in [4.69, 9.17) is 9.47 Å². The smallest absolute Gasteiger partial charge is 0.309 e. The van der Waals surface area contributed by atoms with Crippen molar-refractivity contribution in [3.8, 4) is 0 Å². The van der Waals surface area contributed by atoms with E-state index < -0.39 is 47.8 Å². The average Bonchev–Trinajstić information content (AvgIpc) is 2.94. The molecule has 2 rings (SSSR count). The first kappa shape index (κ1) is 31.5. The zero-order chi connectivity index (χ0) is 28.6. The Bertz CT molecular complexity index is 1060. The van der Waals surface area contributed by atoms with Crippen molar-refractivity contribution in [2.45, 2.75) is 44.4 Å². The van der Waals surface area contributed by atoms with Crippen molar-refractivity contribution in [2.75, 3.05) is 20.3 Å². The molecule has 39 heavy (non-hydrogen) atoms. The maximum atomic E-state index is 13.5. The van der Waals surface area contributed by atoms with Gasteiger partial charge in [0.25, 0.3) is 0 Å². The van der Waals surface area contributed by atoms with Gasteiger partial charge >= 0.3 is 5.97 Å². The fourth-order valence-corrected chi connectivity index (χ4v) is 4.14. The molecule has 8 nitrogen and oxygen atoms in total. The van der Waals surface area contributed by atoms with E-state index in [2.05, 4.69) is 23.8 Å². The van der Waals surface area contributed by atoms with E-state index in [0.29, 0.717) is 18.4 Å². The Morgan fingerprint density at radius 2 is 1.51 bits per heavy atom. The highest BCUT2D eigenvalue weighted by Gasteiger charge is 2.34. The van der Waals surface area contributed by atoms with Crippen LogP contribution in [-0.4, -0.2) is 55.3 Å². The van der Waals surface area contributed by atoms with Gasteiger partial charge in [0.1, 0.15) is 12.0 Å². The number of hydrogen-bond donors (Lipinski definition) is 3. The molecule has 0 aromatic heterocycles. The molecule has 1 unspecified atom stereocenters. The largest absolute Gasteiger partial charge is 0.455 e. The van der Waals surface area contributed by atoms with Gasteiger partial charge in [-0.05, 0) is 30.4 Å². The number of hydrogen-bond acceptors (Lipinski definition) is 6. The second-order valence-electron chi connectivity index (χ2n) is 9.42. The van der Waals surface area contributed by atoms with Gasteiger partial charge in [-0.3, -0.25) is 14.4 Å². The van der Waals surface area contributed by atoms with Crippen LogP contribution in [0, 0.1) is 11.8 Å². The van der Waals surface area contributed by atoms with Gasteiger partial charge < -0.3 is 25.2 Å². The van der Waals surface area contributed by atoms with Crippen LogP contribution in [0.5, 0.6) is 0 Å². The van der Waals surface area contributed by atoms with Crippen molar-refractivity contribution >= 4 is 17.8 Å². The molecule has 0 bridgehead atoms. The number of allylic oxidation sites excluding steroid dienone is 2. The predicted octanol–water partition coefficient (Wildman–Crippen LogP) is 3.53. The number of aliphatic hydroxyl groups excluding tert-OH is 1. The van der Waals surface area contributed by atoms with Crippen molar-refractivity contribution in [1.29, 1.82) is 0 Å². The van der Waals surface area contributed by atoms with Gasteiger partial charge in [-0.1, -0.05) is 79.7 Å². The summed E-state index contributed by atoms with van der Waals surface area (Å²) in [6.45, 7) is 8.86. The molecular formula is C31H40N2O6. The van der Waals surface area contributed by atoms with Gasteiger partial charge in [-0.25, -0.2) is 0 Å². The molecule has 3 N–H and O–H groups in total. The third kappa shape index (κ3) is 10.1. The Labute approximate surface area is 231 Å². The van der Waals surface area contributed by atoms with Gasteiger partial charge in [0, 0.05) is 7.11 Å². The normalized spacial score (nSPS) is 14.6. The lowest BCUT2D eigenvalue weighted by Gasteiger charge is -2.30. The molecule has 0 heterocycles. The summed E-state index contributed by atoms with van der Waals surface area (Å²) in [5.74, 6) is -3.08. The Balaban J connectivity index is 2.24. The first-order chi connectivity index (χ1) is 18.8. The third-order valence-electron chi connectivity index (χ3n) is 6.26. The Morgan fingerprint density at radius 1 is 0.923 bits per heavy atom. The van der Waals surface area contributed by atoms with Crippen molar-refractivity contribution < 1.29 is 29.0 Å². The first-order valence-corrected chi connectivity index (χ1v) is 13.1. The number of carbonyl (C=O) groups excluding carboxylic acids is 3. The van der Waals surface area contributed by atoms with Crippen LogP contribution in [0.15, 0.2) is 86.0 Å². The van der Waals surface area contributed by atoms with Crippen LogP contribution in [0.2, 0.25) is 0 Å². The number of carbonyl (C=O) groups is 3. The molecule has 0 radical (unpaired) electrons. The third-order valence-corrected chi connectivity index (χ3v) is 6.26. The van der Waals surface area contributed by atoms with Crippen LogP contribution < -0.4 is 10.6 Å². The summed E-state index contributed by atoms with van der Waals surface area (Å²) in [5.41, 5.74) is 1.62. The van der Waals surface area contributed by atoms with Gasteiger partial charge in [0.2, 0.25) is 11.8 Å². The molecule has 0 saturated carbocycles. The minimum atomic E-state index is -1.11. The molecule has 0 aliphatic carbocycles. The van der Waals surface area contributed by atoms with Crippen LogP contribution in [0.3, 0.4) is 0 Å². The standard InChI is InChI=1S/C31H40N2O6/c1-5-13-22(3)31(37)39-28(24-17-11-8-12-18-24)27(21-38-4)33-30(36)26(14-6-2)29(35)32-25(20-34)19-23-15-9-7-10-16-23/h5-12,15-18,22,25-28,34H,1-2,13-14,19-21H2,3-4H3,(H,32,35)(H,33,36)/t22-,25+,26?,27-,28-/m0/s1. The Morgan fingerprint density at radius 3 is 2.08 bits per heavy atom. The fourth-order valence-electron chi connectivity index (χ4n) is 4.14. The number of ether oxygens (including phenoxy) is 2. The van der Waals surface area contributed by atoms with Crippen molar-refractivity contribution in [1.82, 2.24) is 10.6 Å². The molecule has 0 fully saturated rings. The molecule has 210 valence electrons. The van der Waals surface area contributed by atoms with Crippen LogP contribution in [0.4, 0.5) is 0 Å². The molecule has 0 aliphatic rings. The average molecular weight is 537 g/mol. The van der Waals surface area contributed by atoms with Crippen molar-refractivity contribution in [3.05, 3.63) is 97.1 Å². The van der Waals surface area contributed by atoms with Gasteiger partial charge in [-0.2, -0.15) is 0 Å².